The van der Waals surface area contributed by atoms with Gasteiger partial charge >= 0.3 is 0 Å². The number of hydrogen-bond acceptors (Lipinski definition) is 6. The fourth-order valence-corrected chi connectivity index (χ4v) is 3.17. The molecule has 0 unspecified atom stereocenters. The molecule has 1 amide bonds. The van der Waals surface area contributed by atoms with Crippen LogP contribution in [0.2, 0.25) is 0 Å². The first kappa shape index (κ1) is 17.9. The normalized spacial score (nSPS) is 10.6. The molecule has 7 nitrogen and oxygen atoms in total. The van der Waals surface area contributed by atoms with Crippen molar-refractivity contribution < 1.29 is 9.53 Å². The van der Waals surface area contributed by atoms with E-state index in [9.17, 15) is 4.79 Å². The lowest BCUT2D eigenvalue weighted by atomic mass is 10.2. The number of carbonyl (C=O) groups is 1. The number of amides is 1. The van der Waals surface area contributed by atoms with Crippen molar-refractivity contribution in [1.82, 2.24) is 20.2 Å². The van der Waals surface area contributed by atoms with Gasteiger partial charge in [-0.2, -0.15) is 4.80 Å². The quantitative estimate of drug-likeness (QED) is 0.520. The lowest BCUT2D eigenvalue weighted by molar-refractivity contribution is -0.117. The predicted octanol–water partition coefficient (Wildman–Crippen LogP) is 3.62. The maximum absolute atomic E-state index is 12.2. The number of ether oxygens (including phenoxy) is 1. The lowest BCUT2D eigenvalue weighted by Crippen LogP contribution is -2.20. The van der Waals surface area contributed by atoms with Gasteiger partial charge in [0.05, 0.1) is 4.88 Å². The van der Waals surface area contributed by atoms with Crippen molar-refractivity contribution in [2.24, 2.45) is 0 Å². The van der Waals surface area contributed by atoms with Gasteiger partial charge in [0.25, 0.3) is 0 Å². The Morgan fingerprint density at radius 3 is 2.61 bits per heavy atom. The second-order valence-electron chi connectivity index (χ2n) is 5.97. The van der Waals surface area contributed by atoms with E-state index in [-0.39, 0.29) is 12.5 Å². The maximum atomic E-state index is 12.2. The van der Waals surface area contributed by atoms with E-state index in [1.807, 2.05) is 60.0 Å². The summed E-state index contributed by atoms with van der Waals surface area (Å²) in [5.74, 6) is 1.02. The first-order chi connectivity index (χ1) is 13.8. The molecule has 2 heterocycles. The summed E-state index contributed by atoms with van der Waals surface area (Å²) >= 11 is 1.52. The fourth-order valence-electron chi connectivity index (χ4n) is 2.52. The van der Waals surface area contributed by atoms with E-state index in [1.54, 1.807) is 12.1 Å². The second kappa shape index (κ2) is 8.45. The third kappa shape index (κ3) is 4.60. The number of thiophene rings is 1. The monoisotopic (exact) mass is 391 g/mol. The molecule has 1 N–H and O–H groups in total. The van der Waals surface area contributed by atoms with E-state index in [0.717, 1.165) is 16.2 Å². The molecule has 4 aromatic rings. The number of carbonyl (C=O) groups excluding carboxylic acids is 1. The van der Waals surface area contributed by atoms with Crippen molar-refractivity contribution in [2.75, 3.05) is 5.32 Å². The Bertz CT molecular complexity index is 1030. The highest BCUT2D eigenvalue weighted by molar-refractivity contribution is 7.13. The zero-order valence-electron chi connectivity index (χ0n) is 14.9. The lowest BCUT2D eigenvalue weighted by Gasteiger charge is -2.08. The zero-order valence-corrected chi connectivity index (χ0v) is 15.7. The summed E-state index contributed by atoms with van der Waals surface area (Å²) < 4.78 is 5.74. The molecular formula is C20H17N5O2S. The van der Waals surface area contributed by atoms with E-state index < -0.39 is 0 Å². The van der Waals surface area contributed by atoms with Crippen LogP contribution in [-0.2, 0) is 17.9 Å². The van der Waals surface area contributed by atoms with Crippen LogP contribution < -0.4 is 10.1 Å². The van der Waals surface area contributed by atoms with Crippen molar-refractivity contribution in [3.63, 3.8) is 0 Å². The third-order valence-electron chi connectivity index (χ3n) is 3.87. The van der Waals surface area contributed by atoms with Gasteiger partial charge in [0.1, 0.15) is 18.9 Å². The summed E-state index contributed by atoms with van der Waals surface area (Å²) in [6.45, 7) is 0.488. The SMILES string of the molecule is O=C(Cn1nnc(-c2cccs2)n1)Nc1ccc(OCc2ccccc2)cc1. The van der Waals surface area contributed by atoms with E-state index >= 15 is 0 Å². The largest absolute Gasteiger partial charge is 0.489 e. The van der Waals surface area contributed by atoms with Gasteiger partial charge in [0.2, 0.25) is 11.7 Å². The summed E-state index contributed by atoms with van der Waals surface area (Å²) in [7, 11) is 0. The van der Waals surface area contributed by atoms with Gasteiger partial charge in [-0.25, -0.2) is 0 Å². The molecule has 0 fully saturated rings. The van der Waals surface area contributed by atoms with Gasteiger partial charge in [0.15, 0.2) is 0 Å². The Morgan fingerprint density at radius 2 is 1.86 bits per heavy atom. The molecule has 8 heteroatoms. The van der Waals surface area contributed by atoms with Crippen molar-refractivity contribution in [2.45, 2.75) is 13.2 Å². The van der Waals surface area contributed by atoms with Crippen molar-refractivity contribution in [3.8, 4) is 16.5 Å². The average molecular weight is 391 g/mol. The molecule has 28 heavy (non-hydrogen) atoms. The van der Waals surface area contributed by atoms with Crippen LogP contribution >= 0.6 is 11.3 Å². The Balaban J connectivity index is 1.29. The molecule has 0 aliphatic rings. The van der Waals surface area contributed by atoms with Gasteiger partial charge in [-0.15, -0.1) is 21.5 Å². The molecule has 0 aliphatic heterocycles. The number of hydrogen-bond donors (Lipinski definition) is 1. The van der Waals surface area contributed by atoms with Gasteiger partial charge in [-0.3, -0.25) is 4.79 Å². The number of nitrogens with one attached hydrogen (secondary N) is 1. The van der Waals surface area contributed by atoms with Gasteiger partial charge < -0.3 is 10.1 Å². The van der Waals surface area contributed by atoms with Gasteiger partial charge in [-0.05, 0) is 46.5 Å². The van der Waals surface area contributed by atoms with E-state index in [0.29, 0.717) is 18.1 Å². The molecule has 0 saturated carbocycles. The summed E-state index contributed by atoms with van der Waals surface area (Å²) in [5, 5.41) is 16.9. The van der Waals surface area contributed by atoms with Crippen LogP contribution in [0.4, 0.5) is 5.69 Å². The first-order valence-electron chi connectivity index (χ1n) is 8.64. The molecule has 0 saturated heterocycles. The molecule has 0 radical (unpaired) electrons. The molecule has 2 aromatic heterocycles. The molecule has 4 rings (SSSR count). The van der Waals surface area contributed by atoms with Crippen LogP contribution in [0.3, 0.4) is 0 Å². The van der Waals surface area contributed by atoms with Crippen LogP contribution in [0.1, 0.15) is 5.56 Å². The zero-order chi connectivity index (χ0) is 19.2. The number of nitrogens with zero attached hydrogens (tertiary/aromatic N) is 4. The minimum absolute atomic E-state index is 0.00929. The average Bonchev–Trinajstić information content (AvgIpc) is 3.40. The van der Waals surface area contributed by atoms with Crippen molar-refractivity contribution >= 4 is 22.9 Å². The highest BCUT2D eigenvalue weighted by Gasteiger charge is 2.10. The molecule has 0 atom stereocenters. The Kier molecular flexibility index (Phi) is 5.39. The number of aromatic nitrogens is 4. The smallest absolute Gasteiger partial charge is 0.248 e. The first-order valence-corrected chi connectivity index (χ1v) is 9.52. The second-order valence-corrected chi connectivity index (χ2v) is 6.92. The topological polar surface area (TPSA) is 81.9 Å². The fraction of sp³-hybridized carbons (Fsp3) is 0.100. The van der Waals surface area contributed by atoms with Crippen LogP contribution in [0.15, 0.2) is 72.1 Å². The van der Waals surface area contributed by atoms with Crippen molar-refractivity contribution in [1.29, 1.82) is 0 Å². The number of tetrazole rings is 1. The molecule has 140 valence electrons. The van der Waals surface area contributed by atoms with Crippen LogP contribution in [0.25, 0.3) is 10.7 Å². The van der Waals surface area contributed by atoms with E-state index in [1.165, 1.54) is 16.1 Å². The Morgan fingerprint density at radius 1 is 1.04 bits per heavy atom. The standard InChI is InChI=1S/C20H17N5O2S/c26-19(13-25-23-20(22-24-25)18-7-4-12-28-18)21-16-8-10-17(11-9-16)27-14-15-5-2-1-3-6-15/h1-12H,13-14H2,(H,21,26). The van der Waals surface area contributed by atoms with Crippen LogP contribution in [0, 0.1) is 0 Å². The minimum Gasteiger partial charge on any atom is -0.489 e. The van der Waals surface area contributed by atoms with Gasteiger partial charge in [-0.1, -0.05) is 36.4 Å². The summed E-state index contributed by atoms with van der Waals surface area (Å²) in [5.41, 5.74) is 1.78. The van der Waals surface area contributed by atoms with E-state index in [2.05, 4.69) is 20.7 Å². The molecule has 0 spiro atoms. The third-order valence-corrected chi connectivity index (χ3v) is 4.73. The summed E-state index contributed by atoms with van der Waals surface area (Å²) in [4.78, 5) is 14.4. The highest BCUT2D eigenvalue weighted by atomic mass is 32.1. The summed E-state index contributed by atoms with van der Waals surface area (Å²) in [6.07, 6.45) is 0. The number of rotatable bonds is 7. The van der Waals surface area contributed by atoms with Crippen LogP contribution in [-0.4, -0.2) is 26.1 Å². The van der Waals surface area contributed by atoms with Crippen LogP contribution in [0.5, 0.6) is 5.75 Å². The Labute approximate surface area is 165 Å². The maximum Gasteiger partial charge on any atom is 0.248 e. The summed E-state index contributed by atoms with van der Waals surface area (Å²) in [6, 6.07) is 21.0. The molecular weight excluding hydrogens is 374 g/mol. The van der Waals surface area contributed by atoms with E-state index in [4.69, 9.17) is 4.74 Å². The van der Waals surface area contributed by atoms with Gasteiger partial charge in [0, 0.05) is 5.69 Å². The molecule has 2 aromatic carbocycles. The predicted molar refractivity (Wildman–Crippen MR) is 107 cm³/mol. The number of benzene rings is 2. The highest BCUT2D eigenvalue weighted by Crippen LogP contribution is 2.20. The Hall–Kier alpha value is -3.52. The molecule has 0 bridgehead atoms. The van der Waals surface area contributed by atoms with Crippen molar-refractivity contribution in [3.05, 3.63) is 77.7 Å². The number of anilines is 1. The minimum atomic E-state index is -0.229. The molecule has 0 aliphatic carbocycles.